The van der Waals surface area contributed by atoms with Crippen LogP contribution in [0.2, 0.25) is 0 Å². The lowest BCUT2D eigenvalue weighted by Crippen LogP contribution is -2.08. The van der Waals surface area contributed by atoms with E-state index in [1.165, 1.54) is 6.07 Å². The highest BCUT2D eigenvalue weighted by Crippen LogP contribution is 2.37. The number of halogens is 4. The molecule has 1 aromatic rings. The maximum atomic E-state index is 12.5. The van der Waals surface area contributed by atoms with Crippen LogP contribution in [-0.4, -0.2) is 6.04 Å². The Kier molecular flexibility index (Phi) is 2.66. The highest BCUT2D eigenvalue weighted by molar-refractivity contribution is 9.10. The van der Waals surface area contributed by atoms with Gasteiger partial charge in [0.2, 0.25) is 0 Å². The van der Waals surface area contributed by atoms with Crippen molar-refractivity contribution in [2.45, 2.75) is 25.1 Å². The summed E-state index contributed by atoms with van der Waals surface area (Å²) in [4.78, 5) is 0. The maximum Gasteiger partial charge on any atom is 0.417 e. The van der Waals surface area contributed by atoms with Crippen molar-refractivity contribution in [1.82, 2.24) is 0 Å². The summed E-state index contributed by atoms with van der Waals surface area (Å²) < 4.78 is 37.7. The van der Waals surface area contributed by atoms with Crippen molar-refractivity contribution in [3.63, 3.8) is 0 Å². The standard InChI is InChI=1S/C10H9BrF3N/c11-9-4-3-7(15-6-1-2-6)5-8(9)10(12,13)14/h3-6,15H,1-2H2. The fourth-order valence-electron chi connectivity index (χ4n) is 1.30. The van der Waals surface area contributed by atoms with Gasteiger partial charge >= 0.3 is 6.18 Å². The van der Waals surface area contributed by atoms with Gasteiger partial charge in [-0.05, 0) is 31.0 Å². The molecule has 1 aromatic carbocycles. The van der Waals surface area contributed by atoms with Crippen molar-refractivity contribution in [2.75, 3.05) is 5.32 Å². The molecule has 82 valence electrons. The van der Waals surface area contributed by atoms with Gasteiger partial charge in [-0.3, -0.25) is 0 Å². The lowest BCUT2D eigenvalue weighted by Gasteiger charge is -2.12. The summed E-state index contributed by atoms with van der Waals surface area (Å²) in [5.74, 6) is 0. The van der Waals surface area contributed by atoms with E-state index in [9.17, 15) is 13.2 Å². The number of benzene rings is 1. The van der Waals surface area contributed by atoms with Crippen molar-refractivity contribution in [1.29, 1.82) is 0 Å². The summed E-state index contributed by atoms with van der Waals surface area (Å²) in [7, 11) is 0. The van der Waals surface area contributed by atoms with Gasteiger partial charge in [0, 0.05) is 16.2 Å². The topological polar surface area (TPSA) is 12.0 Å². The molecule has 5 heteroatoms. The van der Waals surface area contributed by atoms with E-state index in [0.717, 1.165) is 18.9 Å². The fourth-order valence-corrected chi connectivity index (χ4v) is 1.77. The van der Waals surface area contributed by atoms with Gasteiger partial charge in [0.1, 0.15) is 0 Å². The minimum Gasteiger partial charge on any atom is -0.382 e. The Labute approximate surface area is 93.8 Å². The molecule has 2 rings (SSSR count). The third-order valence-electron chi connectivity index (χ3n) is 2.22. The van der Waals surface area contributed by atoms with Gasteiger partial charge in [0.05, 0.1) is 5.56 Å². The van der Waals surface area contributed by atoms with Crippen LogP contribution in [0.4, 0.5) is 18.9 Å². The largest absolute Gasteiger partial charge is 0.417 e. The average Bonchev–Trinajstić information content (AvgIpc) is 2.90. The van der Waals surface area contributed by atoms with Gasteiger partial charge in [-0.25, -0.2) is 0 Å². The molecule has 1 aliphatic carbocycles. The van der Waals surface area contributed by atoms with E-state index in [2.05, 4.69) is 21.2 Å². The molecule has 1 aliphatic rings. The molecule has 15 heavy (non-hydrogen) atoms. The molecular formula is C10H9BrF3N. The number of alkyl halides is 3. The Hall–Kier alpha value is -0.710. The van der Waals surface area contributed by atoms with Crippen molar-refractivity contribution in [3.05, 3.63) is 28.2 Å². The molecule has 0 saturated heterocycles. The molecule has 1 nitrogen and oxygen atoms in total. The predicted octanol–water partition coefficient (Wildman–Crippen LogP) is 4.04. The highest BCUT2D eigenvalue weighted by atomic mass is 79.9. The maximum absolute atomic E-state index is 12.5. The predicted molar refractivity (Wildman–Crippen MR) is 55.8 cm³/mol. The Morgan fingerprint density at radius 1 is 1.27 bits per heavy atom. The SMILES string of the molecule is FC(F)(F)c1cc(NC2CC2)ccc1Br. The Morgan fingerprint density at radius 2 is 1.93 bits per heavy atom. The first-order valence-electron chi connectivity index (χ1n) is 4.60. The molecule has 0 aromatic heterocycles. The number of nitrogens with one attached hydrogen (secondary N) is 1. The number of hydrogen-bond donors (Lipinski definition) is 1. The molecule has 0 unspecified atom stereocenters. The van der Waals surface area contributed by atoms with Gasteiger partial charge in [-0.15, -0.1) is 0 Å². The number of rotatable bonds is 2. The van der Waals surface area contributed by atoms with E-state index < -0.39 is 11.7 Å². The molecule has 1 saturated carbocycles. The summed E-state index contributed by atoms with van der Waals surface area (Å²) in [5, 5.41) is 3.03. The van der Waals surface area contributed by atoms with Crippen molar-refractivity contribution < 1.29 is 13.2 Å². The van der Waals surface area contributed by atoms with Crippen molar-refractivity contribution >= 4 is 21.6 Å². The minimum absolute atomic E-state index is 0.0800. The first kappa shape index (κ1) is 10.8. The van der Waals surface area contributed by atoms with E-state index in [1.54, 1.807) is 6.07 Å². The van der Waals surface area contributed by atoms with Crippen LogP contribution in [0.1, 0.15) is 18.4 Å². The fraction of sp³-hybridized carbons (Fsp3) is 0.400. The molecule has 1 N–H and O–H groups in total. The van der Waals surface area contributed by atoms with Gasteiger partial charge in [-0.2, -0.15) is 13.2 Å². The first-order valence-corrected chi connectivity index (χ1v) is 5.39. The van der Waals surface area contributed by atoms with Crippen molar-refractivity contribution in [2.24, 2.45) is 0 Å². The van der Waals surface area contributed by atoms with E-state index in [-0.39, 0.29) is 4.47 Å². The van der Waals surface area contributed by atoms with Gasteiger partial charge in [0.15, 0.2) is 0 Å². The van der Waals surface area contributed by atoms with Gasteiger partial charge in [-0.1, -0.05) is 15.9 Å². The second-order valence-corrected chi connectivity index (χ2v) is 4.47. The molecule has 0 aliphatic heterocycles. The second kappa shape index (κ2) is 3.70. The normalized spacial score (nSPS) is 16.5. The Balaban J connectivity index is 2.27. The van der Waals surface area contributed by atoms with Gasteiger partial charge < -0.3 is 5.32 Å². The first-order chi connectivity index (χ1) is 6.97. The van der Waals surface area contributed by atoms with Crippen LogP contribution in [0.3, 0.4) is 0 Å². The molecule has 0 heterocycles. The zero-order valence-electron chi connectivity index (χ0n) is 7.74. The van der Waals surface area contributed by atoms with Crippen LogP contribution in [0, 0.1) is 0 Å². The van der Waals surface area contributed by atoms with Gasteiger partial charge in [0.25, 0.3) is 0 Å². The van der Waals surface area contributed by atoms with Crippen LogP contribution in [-0.2, 0) is 6.18 Å². The van der Waals surface area contributed by atoms with E-state index >= 15 is 0 Å². The lowest BCUT2D eigenvalue weighted by atomic mass is 10.2. The van der Waals surface area contributed by atoms with E-state index in [0.29, 0.717) is 11.7 Å². The zero-order chi connectivity index (χ0) is 11.1. The van der Waals surface area contributed by atoms with Crippen LogP contribution < -0.4 is 5.32 Å². The third-order valence-corrected chi connectivity index (χ3v) is 2.91. The van der Waals surface area contributed by atoms with Crippen LogP contribution in [0.25, 0.3) is 0 Å². The lowest BCUT2D eigenvalue weighted by molar-refractivity contribution is -0.138. The molecule has 0 bridgehead atoms. The minimum atomic E-state index is -4.31. The zero-order valence-corrected chi connectivity index (χ0v) is 9.32. The monoisotopic (exact) mass is 279 g/mol. The molecule has 0 radical (unpaired) electrons. The number of hydrogen-bond acceptors (Lipinski definition) is 1. The highest BCUT2D eigenvalue weighted by Gasteiger charge is 2.33. The van der Waals surface area contributed by atoms with E-state index in [4.69, 9.17) is 0 Å². The smallest absolute Gasteiger partial charge is 0.382 e. The average molecular weight is 280 g/mol. The van der Waals surface area contributed by atoms with Crippen molar-refractivity contribution in [3.8, 4) is 0 Å². The van der Waals surface area contributed by atoms with Crippen LogP contribution in [0.5, 0.6) is 0 Å². The summed E-state index contributed by atoms with van der Waals surface area (Å²) >= 11 is 2.90. The summed E-state index contributed by atoms with van der Waals surface area (Å²) in [6.07, 6.45) is -2.23. The third kappa shape index (κ3) is 2.65. The van der Waals surface area contributed by atoms with E-state index in [1.807, 2.05) is 0 Å². The Morgan fingerprint density at radius 3 is 2.47 bits per heavy atom. The Bertz CT molecular complexity index is 371. The summed E-state index contributed by atoms with van der Waals surface area (Å²) in [6, 6.07) is 4.57. The molecule has 0 spiro atoms. The quantitative estimate of drug-likeness (QED) is 0.862. The number of anilines is 1. The molecule has 0 atom stereocenters. The molecule has 0 amide bonds. The second-order valence-electron chi connectivity index (χ2n) is 3.61. The molecular weight excluding hydrogens is 271 g/mol. The summed E-state index contributed by atoms with van der Waals surface area (Å²) in [6.45, 7) is 0. The van der Waals surface area contributed by atoms with Crippen LogP contribution in [0.15, 0.2) is 22.7 Å². The summed E-state index contributed by atoms with van der Waals surface area (Å²) in [5.41, 5.74) is -0.0961. The van der Waals surface area contributed by atoms with Crippen LogP contribution >= 0.6 is 15.9 Å². The molecule has 1 fully saturated rings.